The zero-order valence-corrected chi connectivity index (χ0v) is 8.45. The molecule has 1 heterocycles. The minimum Gasteiger partial charge on any atom is -0.493 e. The van der Waals surface area contributed by atoms with Crippen LogP contribution >= 0.6 is 0 Å². The van der Waals surface area contributed by atoms with Crippen molar-refractivity contribution in [1.29, 1.82) is 0 Å². The summed E-state index contributed by atoms with van der Waals surface area (Å²) in [4.78, 5) is 10.6. The van der Waals surface area contributed by atoms with Crippen LogP contribution in [-0.2, 0) is 11.2 Å². The van der Waals surface area contributed by atoms with Crippen molar-refractivity contribution < 1.29 is 9.53 Å². The highest BCUT2D eigenvalue weighted by molar-refractivity contribution is 5.78. The van der Waals surface area contributed by atoms with Crippen LogP contribution in [0.2, 0.25) is 0 Å². The molecule has 1 amide bonds. The molecule has 1 aromatic rings. The molecule has 0 atom stereocenters. The SMILES string of the molecule is NC(=O)CNc1ccc2c(c1)CCCO2. The number of ether oxygens (including phenoxy) is 1. The topological polar surface area (TPSA) is 64.4 Å². The molecule has 0 spiro atoms. The van der Waals surface area contributed by atoms with Crippen molar-refractivity contribution in [2.24, 2.45) is 5.73 Å². The molecule has 4 heteroatoms. The van der Waals surface area contributed by atoms with Crippen LogP contribution in [0, 0.1) is 0 Å². The number of aryl methyl sites for hydroxylation is 1. The molecule has 0 bridgehead atoms. The second-order valence-corrected chi connectivity index (χ2v) is 3.59. The first-order valence-corrected chi connectivity index (χ1v) is 5.03. The monoisotopic (exact) mass is 206 g/mol. The van der Waals surface area contributed by atoms with Crippen molar-refractivity contribution in [3.05, 3.63) is 23.8 Å². The Bertz CT molecular complexity index is 377. The standard InChI is InChI=1S/C11H14N2O2/c12-11(14)7-13-9-3-4-10-8(6-9)2-1-5-15-10/h3-4,6,13H,1-2,5,7H2,(H2,12,14). The highest BCUT2D eigenvalue weighted by Crippen LogP contribution is 2.27. The van der Waals surface area contributed by atoms with E-state index in [2.05, 4.69) is 5.32 Å². The zero-order valence-electron chi connectivity index (χ0n) is 8.45. The van der Waals surface area contributed by atoms with Gasteiger partial charge in [-0.1, -0.05) is 0 Å². The Morgan fingerprint density at radius 1 is 1.53 bits per heavy atom. The van der Waals surface area contributed by atoms with Crippen molar-refractivity contribution in [3.63, 3.8) is 0 Å². The molecular formula is C11H14N2O2. The lowest BCUT2D eigenvalue weighted by atomic mass is 10.1. The maximum Gasteiger partial charge on any atom is 0.236 e. The summed E-state index contributed by atoms with van der Waals surface area (Å²) in [5.41, 5.74) is 7.16. The predicted molar refractivity (Wildman–Crippen MR) is 57.9 cm³/mol. The van der Waals surface area contributed by atoms with Crippen LogP contribution in [0.25, 0.3) is 0 Å². The maximum absolute atomic E-state index is 10.6. The Labute approximate surface area is 88.4 Å². The summed E-state index contributed by atoms with van der Waals surface area (Å²) in [6.07, 6.45) is 2.08. The molecule has 1 aliphatic heterocycles. The van der Waals surface area contributed by atoms with Crippen LogP contribution < -0.4 is 15.8 Å². The lowest BCUT2D eigenvalue weighted by Gasteiger charge is -2.18. The first-order chi connectivity index (χ1) is 7.25. The summed E-state index contributed by atoms with van der Waals surface area (Å²) in [7, 11) is 0. The van der Waals surface area contributed by atoms with Gasteiger partial charge in [0.25, 0.3) is 0 Å². The molecule has 3 N–H and O–H groups in total. The molecule has 2 rings (SSSR count). The third-order valence-corrected chi connectivity index (χ3v) is 2.38. The number of nitrogens with two attached hydrogens (primary N) is 1. The number of primary amides is 1. The lowest BCUT2D eigenvalue weighted by molar-refractivity contribution is -0.116. The molecule has 0 saturated carbocycles. The highest BCUT2D eigenvalue weighted by Gasteiger charge is 2.10. The number of nitrogens with one attached hydrogen (secondary N) is 1. The van der Waals surface area contributed by atoms with Gasteiger partial charge in [0, 0.05) is 5.69 Å². The second kappa shape index (κ2) is 4.21. The van der Waals surface area contributed by atoms with Gasteiger partial charge in [-0.25, -0.2) is 0 Å². The van der Waals surface area contributed by atoms with E-state index in [0.717, 1.165) is 30.9 Å². The van der Waals surface area contributed by atoms with Gasteiger partial charge in [0.1, 0.15) is 5.75 Å². The van der Waals surface area contributed by atoms with Crippen LogP contribution in [0.15, 0.2) is 18.2 Å². The number of carbonyl (C=O) groups excluding carboxylic acids is 1. The first kappa shape index (κ1) is 9.83. The van der Waals surface area contributed by atoms with Gasteiger partial charge in [-0.15, -0.1) is 0 Å². The second-order valence-electron chi connectivity index (χ2n) is 3.59. The molecule has 0 aliphatic carbocycles. The first-order valence-electron chi connectivity index (χ1n) is 5.03. The van der Waals surface area contributed by atoms with Crippen molar-refractivity contribution >= 4 is 11.6 Å². The summed E-state index contributed by atoms with van der Waals surface area (Å²) >= 11 is 0. The van der Waals surface area contributed by atoms with E-state index in [1.165, 1.54) is 5.56 Å². The summed E-state index contributed by atoms with van der Waals surface area (Å²) in [5, 5.41) is 2.96. The van der Waals surface area contributed by atoms with Crippen LogP contribution in [0.3, 0.4) is 0 Å². The summed E-state index contributed by atoms with van der Waals surface area (Å²) in [6.45, 7) is 0.959. The minimum atomic E-state index is -0.357. The number of hydrogen-bond acceptors (Lipinski definition) is 3. The van der Waals surface area contributed by atoms with Crippen molar-refractivity contribution in [3.8, 4) is 5.75 Å². The smallest absolute Gasteiger partial charge is 0.236 e. The van der Waals surface area contributed by atoms with Gasteiger partial charge >= 0.3 is 0 Å². The third kappa shape index (κ3) is 2.40. The maximum atomic E-state index is 10.6. The van der Waals surface area contributed by atoms with E-state index in [1.54, 1.807) is 0 Å². The van der Waals surface area contributed by atoms with Crippen molar-refractivity contribution in [2.75, 3.05) is 18.5 Å². The predicted octanol–water partition coefficient (Wildman–Crippen LogP) is 0.909. The third-order valence-electron chi connectivity index (χ3n) is 2.38. The molecule has 4 nitrogen and oxygen atoms in total. The van der Waals surface area contributed by atoms with Crippen molar-refractivity contribution in [1.82, 2.24) is 0 Å². The Kier molecular flexibility index (Phi) is 2.76. The van der Waals surface area contributed by atoms with E-state index < -0.39 is 0 Å². The quantitative estimate of drug-likeness (QED) is 0.772. The van der Waals surface area contributed by atoms with Gasteiger partial charge in [-0.05, 0) is 36.6 Å². The summed E-state index contributed by atoms with van der Waals surface area (Å²) in [6, 6.07) is 5.84. The van der Waals surface area contributed by atoms with E-state index in [9.17, 15) is 4.79 Å². The molecule has 0 unspecified atom stereocenters. The van der Waals surface area contributed by atoms with Crippen LogP contribution in [0.4, 0.5) is 5.69 Å². The number of benzene rings is 1. The number of fused-ring (bicyclic) bond motifs is 1. The largest absolute Gasteiger partial charge is 0.493 e. The number of rotatable bonds is 3. The fourth-order valence-corrected chi connectivity index (χ4v) is 1.66. The van der Waals surface area contributed by atoms with Gasteiger partial charge < -0.3 is 15.8 Å². The lowest BCUT2D eigenvalue weighted by Crippen LogP contribution is -2.21. The number of anilines is 1. The van der Waals surface area contributed by atoms with Crippen LogP contribution in [-0.4, -0.2) is 19.1 Å². The molecule has 0 aromatic heterocycles. The Morgan fingerprint density at radius 3 is 3.20 bits per heavy atom. The summed E-state index contributed by atoms with van der Waals surface area (Å²) in [5.74, 6) is 0.592. The van der Waals surface area contributed by atoms with E-state index in [0.29, 0.717) is 0 Å². The Balaban J connectivity index is 2.10. The fraction of sp³-hybridized carbons (Fsp3) is 0.364. The molecule has 0 fully saturated rings. The van der Waals surface area contributed by atoms with Gasteiger partial charge in [-0.3, -0.25) is 4.79 Å². The molecule has 15 heavy (non-hydrogen) atoms. The molecule has 1 aromatic carbocycles. The Morgan fingerprint density at radius 2 is 2.40 bits per heavy atom. The summed E-state index contributed by atoms with van der Waals surface area (Å²) < 4.78 is 5.48. The van der Waals surface area contributed by atoms with Crippen LogP contribution in [0.1, 0.15) is 12.0 Å². The Hall–Kier alpha value is -1.71. The van der Waals surface area contributed by atoms with Crippen LogP contribution in [0.5, 0.6) is 5.75 Å². The average Bonchev–Trinajstić information content (AvgIpc) is 2.26. The van der Waals surface area contributed by atoms with Gasteiger partial charge in [0.05, 0.1) is 13.2 Å². The molecular weight excluding hydrogens is 192 g/mol. The molecule has 0 radical (unpaired) electrons. The van der Waals surface area contributed by atoms with E-state index in [4.69, 9.17) is 10.5 Å². The zero-order chi connectivity index (χ0) is 10.7. The normalized spacial score (nSPS) is 13.9. The molecule has 80 valence electrons. The fourth-order valence-electron chi connectivity index (χ4n) is 1.66. The minimum absolute atomic E-state index is 0.166. The highest BCUT2D eigenvalue weighted by atomic mass is 16.5. The number of carbonyl (C=O) groups is 1. The van der Waals surface area contributed by atoms with Gasteiger partial charge in [0.15, 0.2) is 0 Å². The molecule has 0 saturated heterocycles. The van der Waals surface area contributed by atoms with E-state index in [-0.39, 0.29) is 12.5 Å². The van der Waals surface area contributed by atoms with E-state index >= 15 is 0 Å². The van der Waals surface area contributed by atoms with Gasteiger partial charge in [0.2, 0.25) is 5.91 Å². The number of amides is 1. The van der Waals surface area contributed by atoms with E-state index in [1.807, 2.05) is 18.2 Å². The van der Waals surface area contributed by atoms with Crippen molar-refractivity contribution in [2.45, 2.75) is 12.8 Å². The number of hydrogen-bond donors (Lipinski definition) is 2. The molecule has 1 aliphatic rings. The average molecular weight is 206 g/mol. The van der Waals surface area contributed by atoms with Gasteiger partial charge in [-0.2, -0.15) is 0 Å².